The summed E-state index contributed by atoms with van der Waals surface area (Å²) in [7, 11) is 0. The lowest BCUT2D eigenvalue weighted by Crippen LogP contribution is -2.11. The Morgan fingerprint density at radius 3 is 2.76 bits per heavy atom. The molecule has 0 aromatic carbocycles. The SMILES string of the molecule is NC(=S)c1ccc(NCc2cccnc2)cn1. The molecule has 17 heavy (non-hydrogen) atoms. The Hall–Kier alpha value is -2.01. The van der Waals surface area contributed by atoms with Crippen molar-refractivity contribution in [2.45, 2.75) is 6.54 Å². The van der Waals surface area contributed by atoms with Gasteiger partial charge < -0.3 is 11.1 Å². The van der Waals surface area contributed by atoms with Gasteiger partial charge in [0.05, 0.1) is 17.6 Å². The highest BCUT2D eigenvalue weighted by molar-refractivity contribution is 7.80. The summed E-state index contributed by atoms with van der Waals surface area (Å²) in [6, 6.07) is 7.62. The summed E-state index contributed by atoms with van der Waals surface area (Å²) >= 11 is 4.83. The number of anilines is 1. The predicted molar refractivity (Wildman–Crippen MR) is 71.7 cm³/mol. The first-order chi connectivity index (χ1) is 8.25. The van der Waals surface area contributed by atoms with E-state index in [2.05, 4.69) is 15.3 Å². The van der Waals surface area contributed by atoms with Crippen molar-refractivity contribution >= 4 is 22.9 Å². The maximum atomic E-state index is 5.47. The molecule has 0 atom stereocenters. The van der Waals surface area contributed by atoms with Crippen molar-refractivity contribution in [2.24, 2.45) is 5.73 Å². The molecule has 0 saturated carbocycles. The third kappa shape index (κ3) is 3.22. The summed E-state index contributed by atoms with van der Waals surface area (Å²) in [4.78, 5) is 8.50. The second kappa shape index (κ2) is 5.36. The van der Waals surface area contributed by atoms with Crippen LogP contribution in [0.15, 0.2) is 42.9 Å². The quantitative estimate of drug-likeness (QED) is 0.802. The van der Waals surface area contributed by atoms with Crippen molar-refractivity contribution in [3.8, 4) is 0 Å². The van der Waals surface area contributed by atoms with Crippen molar-refractivity contribution in [3.05, 3.63) is 54.1 Å². The molecule has 3 N–H and O–H groups in total. The van der Waals surface area contributed by atoms with Crippen molar-refractivity contribution in [1.29, 1.82) is 0 Å². The van der Waals surface area contributed by atoms with Gasteiger partial charge in [-0.1, -0.05) is 18.3 Å². The van der Waals surface area contributed by atoms with Crippen LogP contribution >= 0.6 is 12.2 Å². The lowest BCUT2D eigenvalue weighted by atomic mass is 10.2. The van der Waals surface area contributed by atoms with Crippen LogP contribution < -0.4 is 11.1 Å². The minimum absolute atomic E-state index is 0.309. The monoisotopic (exact) mass is 244 g/mol. The molecule has 0 spiro atoms. The van der Waals surface area contributed by atoms with Gasteiger partial charge in [-0.15, -0.1) is 0 Å². The van der Waals surface area contributed by atoms with Crippen molar-refractivity contribution in [1.82, 2.24) is 9.97 Å². The van der Waals surface area contributed by atoms with Gasteiger partial charge in [0.2, 0.25) is 0 Å². The number of aromatic nitrogens is 2. The van der Waals surface area contributed by atoms with Crippen LogP contribution in [0.1, 0.15) is 11.3 Å². The maximum Gasteiger partial charge on any atom is 0.122 e. The number of thiocarbonyl (C=S) groups is 1. The standard InChI is InChI=1S/C12H12N4S/c13-12(17)11-4-3-10(8-16-11)15-7-9-2-1-5-14-6-9/h1-6,8,15H,7H2,(H2,13,17). The average Bonchev–Trinajstić information content (AvgIpc) is 2.38. The lowest BCUT2D eigenvalue weighted by molar-refractivity contribution is 1.10. The fraction of sp³-hybridized carbons (Fsp3) is 0.0833. The molecular weight excluding hydrogens is 232 g/mol. The number of nitrogens with one attached hydrogen (secondary N) is 1. The van der Waals surface area contributed by atoms with Crippen LogP contribution in [0.4, 0.5) is 5.69 Å². The Morgan fingerprint density at radius 1 is 1.29 bits per heavy atom. The van der Waals surface area contributed by atoms with Gasteiger partial charge >= 0.3 is 0 Å². The molecule has 0 radical (unpaired) electrons. The average molecular weight is 244 g/mol. The van der Waals surface area contributed by atoms with E-state index in [0.29, 0.717) is 17.2 Å². The molecule has 2 rings (SSSR count). The topological polar surface area (TPSA) is 63.8 Å². The van der Waals surface area contributed by atoms with Gasteiger partial charge in [0.15, 0.2) is 0 Å². The molecule has 0 amide bonds. The van der Waals surface area contributed by atoms with E-state index in [1.165, 1.54) is 0 Å². The van der Waals surface area contributed by atoms with Gasteiger partial charge in [0.25, 0.3) is 0 Å². The molecule has 2 aromatic rings. The number of hydrogen-bond acceptors (Lipinski definition) is 4. The molecule has 0 aliphatic carbocycles. The van der Waals surface area contributed by atoms with Crippen LogP contribution in [0.2, 0.25) is 0 Å². The van der Waals surface area contributed by atoms with E-state index in [1.54, 1.807) is 18.5 Å². The van der Waals surface area contributed by atoms with Crippen LogP contribution in [0, 0.1) is 0 Å². The van der Waals surface area contributed by atoms with Crippen LogP contribution in [0.25, 0.3) is 0 Å². The highest BCUT2D eigenvalue weighted by Gasteiger charge is 1.98. The zero-order valence-corrected chi connectivity index (χ0v) is 9.95. The molecular formula is C12H12N4S. The van der Waals surface area contributed by atoms with Gasteiger partial charge in [-0.3, -0.25) is 9.97 Å². The number of hydrogen-bond donors (Lipinski definition) is 2. The summed E-state index contributed by atoms with van der Waals surface area (Å²) in [5.41, 5.74) is 8.14. The Labute approximate surface area is 105 Å². The van der Waals surface area contributed by atoms with Crippen molar-refractivity contribution in [2.75, 3.05) is 5.32 Å². The normalized spacial score (nSPS) is 9.88. The van der Waals surface area contributed by atoms with E-state index in [0.717, 1.165) is 11.3 Å². The highest BCUT2D eigenvalue weighted by Crippen LogP contribution is 2.08. The van der Waals surface area contributed by atoms with Gasteiger partial charge in [-0.2, -0.15) is 0 Å². The number of nitrogens with zero attached hydrogens (tertiary/aromatic N) is 2. The molecule has 0 fully saturated rings. The minimum atomic E-state index is 0.309. The van der Waals surface area contributed by atoms with Crippen LogP contribution in [-0.4, -0.2) is 15.0 Å². The van der Waals surface area contributed by atoms with Crippen molar-refractivity contribution < 1.29 is 0 Å². The summed E-state index contributed by atoms with van der Waals surface area (Å²) in [6.45, 7) is 0.710. The molecule has 0 aliphatic heterocycles. The Balaban J connectivity index is 1.98. The molecule has 0 aliphatic rings. The van der Waals surface area contributed by atoms with E-state index in [-0.39, 0.29) is 0 Å². The van der Waals surface area contributed by atoms with E-state index in [4.69, 9.17) is 18.0 Å². The molecule has 86 valence electrons. The summed E-state index contributed by atoms with van der Waals surface area (Å²) in [5, 5.41) is 3.24. The van der Waals surface area contributed by atoms with Crippen molar-refractivity contribution in [3.63, 3.8) is 0 Å². The van der Waals surface area contributed by atoms with Gasteiger partial charge in [-0.25, -0.2) is 0 Å². The first-order valence-corrected chi connectivity index (χ1v) is 5.55. The first-order valence-electron chi connectivity index (χ1n) is 5.14. The Kier molecular flexibility index (Phi) is 3.62. The summed E-state index contributed by atoms with van der Waals surface area (Å²) in [6.07, 6.45) is 5.29. The fourth-order valence-electron chi connectivity index (χ4n) is 1.35. The first kappa shape index (κ1) is 11.5. The third-order valence-electron chi connectivity index (χ3n) is 2.24. The third-order valence-corrected chi connectivity index (χ3v) is 2.44. The summed E-state index contributed by atoms with van der Waals surface area (Å²) < 4.78 is 0. The zero-order chi connectivity index (χ0) is 12.1. The van der Waals surface area contributed by atoms with Crippen LogP contribution in [0.3, 0.4) is 0 Å². The maximum absolute atomic E-state index is 5.47. The minimum Gasteiger partial charge on any atom is -0.388 e. The van der Waals surface area contributed by atoms with Crippen LogP contribution in [-0.2, 0) is 6.54 Å². The second-order valence-corrected chi connectivity index (χ2v) is 3.95. The molecule has 0 saturated heterocycles. The molecule has 0 bridgehead atoms. The van der Waals surface area contributed by atoms with E-state index in [1.807, 2.05) is 24.4 Å². The second-order valence-electron chi connectivity index (χ2n) is 3.51. The number of rotatable bonds is 4. The molecule has 4 nitrogen and oxygen atoms in total. The van der Waals surface area contributed by atoms with Crippen LogP contribution in [0.5, 0.6) is 0 Å². The smallest absolute Gasteiger partial charge is 0.122 e. The van der Waals surface area contributed by atoms with Gasteiger partial charge in [0, 0.05) is 18.9 Å². The lowest BCUT2D eigenvalue weighted by Gasteiger charge is -2.06. The predicted octanol–water partition coefficient (Wildman–Crippen LogP) is 1.72. The number of pyridine rings is 2. The van der Waals surface area contributed by atoms with Gasteiger partial charge in [0.1, 0.15) is 4.99 Å². The Bertz CT molecular complexity index is 496. The summed E-state index contributed by atoms with van der Waals surface area (Å²) in [5.74, 6) is 0. The van der Waals surface area contributed by atoms with Gasteiger partial charge in [-0.05, 0) is 23.8 Å². The van der Waals surface area contributed by atoms with E-state index in [9.17, 15) is 0 Å². The Morgan fingerprint density at radius 2 is 2.18 bits per heavy atom. The largest absolute Gasteiger partial charge is 0.388 e. The molecule has 5 heteroatoms. The molecule has 2 aromatic heterocycles. The number of nitrogens with two attached hydrogens (primary N) is 1. The van der Waals surface area contributed by atoms with E-state index < -0.39 is 0 Å². The highest BCUT2D eigenvalue weighted by atomic mass is 32.1. The zero-order valence-electron chi connectivity index (χ0n) is 9.13. The molecule has 2 heterocycles. The fourth-order valence-corrected chi connectivity index (χ4v) is 1.47. The molecule has 0 unspecified atom stereocenters. The van der Waals surface area contributed by atoms with E-state index >= 15 is 0 Å².